The number of aromatic nitrogens is 3. The fourth-order valence-corrected chi connectivity index (χ4v) is 2.42. The molecule has 0 fully saturated rings. The van der Waals surface area contributed by atoms with Gasteiger partial charge in [-0.25, -0.2) is 9.50 Å². The third-order valence-electron chi connectivity index (χ3n) is 3.60. The van der Waals surface area contributed by atoms with E-state index in [1.165, 1.54) is 0 Å². The van der Waals surface area contributed by atoms with Crippen LogP contribution in [0.15, 0.2) is 71.5 Å². The molecule has 0 bridgehead atoms. The molecule has 0 saturated carbocycles. The van der Waals surface area contributed by atoms with Gasteiger partial charge in [-0.1, -0.05) is 30.3 Å². The van der Waals surface area contributed by atoms with Gasteiger partial charge in [-0.3, -0.25) is 4.90 Å². The summed E-state index contributed by atoms with van der Waals surface area (Å²) in [6, 6.07) is 17.8. The molecule has 0 radical (unpaired) electrons. The Morgan fingerprint density at radius 3 is 2.64 bits per heavy atom. The minimum atomic E-state index is 0.744. The maximum absolute atomic E-state index is 5.42. The lowest BCUT2D eigenvalue weighted by Gasteiger charge is -2.14. The summed E-state index contributed by atoms with van der Waals surface area (Å²) in [6.45, 7) is 0. The second kappa shape index (κ2) is 5.04. The second-order valence-corrected chi connectivity index (χ2v) is 4.98. The molecule has 5 nitrogen and oxygen atoms in total. The first-order valence-corrected chi connectivity index (χ1v) is 7.00. The van der Waals surface area contributed by atoms with E-state index in [0.29, 0.717) is 0 Å². The number of hydrogen-bond acceptors (Lipinski definition) is 4. The van der Waals surface area contributed by atoms with Gasteiger partial charge in [-0.2, -0.15) is 0 Å². The average molecular weight is 290 g/mol. The molecule has 0 spiro atoms. The number of hydrogen-bond donors (Lipinski definition) is 0. The lowest BCUT2D eigenvalue weighted by molar-refractivity contribution is 0.568. The summed E-state index contributed by atoms with van der Waals surface area (Å²) < 4.78 is 7.27. The van der Waals surface area contributed by atoms with E-state index in [0.717, 1.165) is 28.6 Å². The molecule has 0 unspecified atom stereocenters. The molecule has 4 aromatic rings. The normalized spacial score (nSPS) is 11.0. The molecular formula is C17H14N4O. The molecule has 0 aliphatic carbocycles. The van der Waals surface area contributed by atoms with Crippen molar-refractivity contribution in [3.63, 3.8) is 0 Å². The highest BCUT2D eigenvalue weighted by Gasteiger charge is 2.12. The summed E-state index contributed by atoms with van der Waals surface area (Å²) in [7, 11) is 1.92. The standard InChI is InChI=1S/C17H14N4O/c1-20(17-8-5-11-22-17)16-10-9-15-18-12-14(21(15)19-16)13-6-3-2-4-7-13/h2-12H,1H3. The second-order valence-electron chi connectivity index (χ2n) is 4.98. The quantitative estimate of drug-likeness (QED) is 0.576. The zero-order valence-corrected chi connectivity index (χ0v) is 12.0. The zero-order valence-electron chi connectivity index (χ0n) is 12.0. The minimum Gasteiger partial charge on any atom is -0.448 e. The van der Waals surface area contributed by atoms with Crippen LogP contribution in [0, 0.1) is 0 Å². The number of anilines is 2. The molecule has 0 atom stereocenters. The van der Waals surface area contributed by atoms with Gasteiger partial charge in [0.2, 0.25) is 5.88 Å². The number of benzene rings is 1. The third-order valence-corrected chi connectivity index (χ3v) is 3.60. The van der Waals surface area contributed by atoms with Gasteiger partial charge >= 0.3 is 0 Å². The first kappa shape index (κ1) is 12.6. The summed E-state index contributed by atoms with van der Waals surface area (Å²) in [5.41, 5.74) is 2.86. The van der Waals surface area contributed by atoms with Gasteiger partial charge in [0.15, 0.2) is 11.5 Å². The molecule has 0 N–H and O–H groups in total. The van der Waals surface area contributed by atoms with Crippen LogP contribution in [-0.4, -0.2) is 21.6 Å². The number of furan rings is 1. The summed E-state index contributed by atoms with van der Waals surface area (Å²) in [6.07, 6.45) is 3.49. The number of fused-ring (bicyclic) bond motifs is 1. The first-order valence-electron chi connectivity index (χ1n) is 7.00. The molecule has 0 amide bonds. The van der Waals surface area contributed by atoms with E-state index in [1.54, 1.807) is 6.26 Å². The summed E-state index contributed by atoms with van der Waals surface area (Å²) in [5, 5.41) is 4.69. The van der Waals surface area contributed by atoms with Crippen molar-refractivity contribution in [2.24, 2.45) is 0 Å². The van der Waals surface area contributed by atoms with E-state index in [2.05, 4.69) is 10.1 Å². The van der Waals surface area contributed by atoms with Crippen molar-refractivity contribution in [2.75, 3.05) is 11.9 Å². The smallest absolute Gasteiger partial charge is 0.200 e. The summed E-state index contributed by atoms with van der Waals surface area (Å²) in [5.74, 6) is 1.53. The van der Waals surface area contributed by atoms with Crippen LogP contribution in [0.2, 0.25) is 0 Å². The predicted molar refractivity (Wildman–Crippen MR) is 85.2 cm³/mol. The molecule has 108 valence electrons. The SMILES string of the molecule is CN(c1ccc2ncc(-c3ccccc3)n2n1)c1ccco1. The summed E-state index contributed by atoms with van der Waals surface area (Å²) >= 11 is 0. The number of nitrogens with zero attached hydrogens (tertiary/aromatic N) is 4. The average Bonchev–Trinajstić information content (AvgIpc) is 3.24. The molecule has 0 saturated heterocycles. The van der Waals surface area contributed by atoms with E-state index in [4.69, 9.17) is 4.42 Å². The first-order chi connectivity index (χ1) is 10.8. The highest BCUT2D eigenvalue weighted by Crippen LogP contribution is 2.24. The number of rotatable bonds is 3. The topological polar surface area (TPSA) is 46.6 Å². The Morgan fingerprint density at radius 1 is 1.00 bits per heavy atom. The van der Waals surface area contributed by atoms with Crippen molar-refractivity contribution in [2.45, 2.75) is 0 Å². The Morgan fingerprint density at radius 2 is 1.86 bits per heavy atom. The van der Waals surface area contributed by atoms with Gasteiger partial charge < -0.3 is 4.42 Å². The Balaban J connectivity index is 1.83. The maximum atomic E-state index is 5.42. The fourth-order valence-electron chi connectivity index (χ4n) is 2.42. The van der Waals surface area contributed by atoms with Crippen molar-refractivity contribution in [3.8, 4) is 11.3 Å². The van der Waals surface area contributed by atoms with Gasteiger partial charge in [-0.05, 0) is 18.2 Å². The summed E-state index contributed by atoms with van der Waals surface area (Å²) in [4.78, 5) is 6.31. The molecule has 5 heteroatoms. The number of imidazole rings is 1. The fraction of sp³-hybridized carbons (Fsp3) is 0.0588. The van der Waals surface area contributed by atoms with Crippen LogP contribution in [0.1, 0.15) is 0 Å². The van der Waals surface area contributed by atoms with Crippen LogP contribution in [0.5, 0.6) is 0 Å². The highest BCUT2D eigenvalue weighted by atomic mass is 16.3. The monoisotopic (exact) mass is 290 g/mol. The largest absolute Gasteiger partial charge is 0.448 e. The Hall–Kier alpha value is -3.08. The van der Waals surface area contributed by atoms with Crippen LogP contribution < -0.4 is 4.90 Å². The van der Waals surface area contributed by atoms with Crippen molar-refractivity contribution in [3.05, 3.63) is 67.1 Å². The van der Waals surface area contributed by atoms with Gasteiger partial charge in [0.05, 0.1) is 18.2 Å². The predicted octanol–water partition coefficient (Wildman–Crippen LogP) is 3.76. The van der Waals surface area contributed by atoms with E-state index < -0.39 is 0 Å². The minimum absolute atomic E-state index is 0.744. The Labute approximate surface area is 127 Å². The van der Waals surface area contributed by atoms with Crippen molar-refractivity contribution in [1.82, 2.24) is 14.6 Å². The molecule has 1 aromatic carbocycles. The van der Waals surface area contributed by atoms with Crippen molar-refractivity contribution >= 4 is 17.3 Å². The van der Waals surface area contributed by atoms with Crippen LogP contribution >= 0.6 is 0 Å². The maximum Gasteiger partial charge on any atom is 0.200 e. The molecule has 3 heterocycles. The molecule has 0 aliphatic rings. The Kier molecular flexibility index (Phi) is 2.89. The van der Waals surface area contributed by atoms with Gasteiger partial charge in [0.1, 0.15) is 0 Å². The Bertz CT molecular complexity index is 897. The van der Waals surface area contributed by atoms with E-state index in [-0.39, 0.29) is 0 Å². The molecule has 22 heavy (non-hydrogen) atoms. The van der Waals surface area contributed by atoms with E-state index >= 15 is 0 Å². The molecule has 4 rings (SSSR count). The molecule has 3 aromatic heterocycles. The lowest BCUT2D eigenvalue weighted by Crippen LogP contribution is -2.12. The zero-order chi connectivity index (χ0) is 14.9. The lowest BCUT2D eigenvalue weighted by atomic mass is 10.2. The van der Waals surface area contributed by atoms with Crippen LogP contribution in [0.4, 0.5) is 11.7 Å². The highest BCUT2D eigenvalue weighted by molar-refractivity contribution is 5.64. The van der Waals surface area contributed by atoms with Crippen LogP contribution in [-0.2, 0) is 0 Å². The van der Waals surface area contributed by atoms with Crippen LogP contribution in [0.25, 0.3) is 16.9 Å². The van der Waals surface area contributed by atoms with Crippen molar-refractivity contribution < 1.29 is 4.42 Å². The van der Waals surface area contributed by atoms with Gasteiger partial charge in [0, 0.05) is 18.7 Å². The molecular weight excluding hydrogens is 276 g/mol. The van der Waals surface area contributed by atoms with E-state index in [1.807, 2.05) is 77.3 Å². The van der Waals surface area contributed by atoms with Gasteiger partial charge in [0.25, 0.3) is 0 Å². The molecule has 0 aliphatic heterocycles. The van der Waals surface area contributed by atoms with E-state index in [9.17, 15) is 0 Å². The van der Waals surface area contributed by atoms with Gasteiger partial charge in [-0.15, -0.1) is 5.10 Å². The van der Waals surface area contributed by atoms with Crippen molar-refractivity contribution in [1.29, 1.82) is 0 Å². The van der Waals surface area contributed by atoms with Crippen LogP contribution in [0.3, 0.4) is 0 Å². The third kappa shape index (κ3) is 2.03.